The summed E-state index contributed by atoms with van der Waals surface area (Å²) in [5.74, 6) is 1.10. The van der Waals surface area contributed by atoms with E-state index < -0.39 is 0 Å². The van der Waals surface area contributed by atoms with Gasteiger partial charge in [-0.3, -0.25) is 10.1 Å². The number of hydrogen-bond acceptors (Lipinski definition) is 6. The standard InChI is InChI=1S/C18H22ClN3O3S/c1-5-16-21-22-18(26-16)20-15(23)7-6-12-8-13(19)17(14(9-12)24-4)25-10-11(2)3/h6-9,11H,5,10H2,1-4H3,(H,20,22,23). The summed E-state index contributed by atoms with van der Waals surface area (Å²) in [6, 6.07) is 3.50. The summed E-state index contributed by atoms with van der Waals surface area (Å²) in [6.45, 7) is 6.63. The number of ether oxygens (including phenoxy) is 2. The van der Waals surface area contributed by atoms with Crippen molar-refractivity contribution in [3.05, 3.63) is 33.8 Å². The second-order valence-electron chi connectivity index (χ2n) is 5.92. The Labute approximate surface area is 162 Å². The van der Waals surface area contributed by atoms with Gasteiger partial charge in [0.2, 0.25) is 11.0 Å². The topological polar surface area (TPSA) is 73.3 Å². The molecule has 0 bridgehead atoms. The monoisotopic (exact) mass is 395 g/mol. The molecule has 140 valence electrons. The van der Waals surface area contributed by atoms with E-state index in [0.717, 1.165) is 17.0 Å². The van der Waals surface area contributed by atoms with Gasteiger partial charge in [0.15, 0.2) is 11.5 Å². The molecule has 1 heterocycles. The molecule has 0 radical (unpaired) electrons. The Morgan fingerprint density at radius 1 is 1.38 bits per heavy atom. The average Bonchev–Trinajstić information content (AvgIpc) is 3.05. The molecule has 0 saturated heterocycles. The molecule has 0 saturated carbocycles. The second kappa shape index (κ2) is 9.54. The second-order valence-corrected chi connectivity index (χ2v) is 7.39. The summed E-state index contributed by atoms with van der Waals surface area (Å²) < 4.78 is 11.1. The zero-order chi connectivity index (χ0) is 19.1. The highest BCUT2D eigenvalue weighted by Gasteiger charge is 2.12. The highest BCUT2D eigenvalue weighted by atomic mass is 35.5. The number of amides is 1. The van der Waals surface area contributed by atoms with Gasteiger partial charge in [0.05, 0.1) is 18.7 Å². The van der Waals surface area contributed by atoms with Crippen molar-refractivity contribution in [1.29, 1.82) is 0 Å². The number of nitrogens with one attached hydrogen (secondary N) is 1. The zero-order valence-electron chi connectivity index (χ0n) is 15.2. The fourth-order valence-electron chi connectivity index (χ4n) is 1.99. The third-order valence-electron chi connectivity index (χ3n) is 3.24. The van der Waals surface area contributed by atoms with E-state index in [1.165, 1.54) is 17.4 Å². The number of methoxy groups -OCH3 is 1. The van der Waals surface area contributed by atoms with Gasteiger partial charge in [-0.25, -0.2) is 0 Å². The summed E-state index contributed by atoms with van der Waals surface area (Å²) in [4.78, 5) is 12.0. The van der Waals surface area contributed by atoms with Crippen LogP contribution in [0.2, 0.25) is 5.02 Å². The number of carbonyl (C=O) groups is 1. The summed E-state index contributed by atoms with van der Waals surface area (Å²) >= 11 is 7.66. The first kappa shape index (κ1) is 20.2. The van der Waals surface area contributed by atoms with E-state index in [1.54, 1.807) is 25.3 Å². The fourth-order valence-corrected chi connectivity index (χ4v) is 2.95. The normalized spacial score (nSPS) is 11.2. The fraction of sp³-hybridized carbons (Fsp3) is 0.389. The van der Waals surface area contributed by atoms with Crippen molar-refractivity contribution in [2.24, 2.45) is 5.92 Å². The smallest absolute Gasteiger partial charge is 0.250 e. The van der Waals surface area contributed by atoms with Crippen LogP contribution >= 0.6 is 22.9 Å². The Kier molecular flexibility index (Phi) is 7.41. The minimum Gasteiger partial charge on any atom is -0.493 e. The van der Waals surface area contributed by atoms with Crippen molar-refractivity contribution in [3.8, 4) is 11.5 Å². The minimum absolute atomic E-state index is 0.293. The number of aryl methyl sites for hydroxylation is 1. The van der Waals surface area contributed by atoms with E-state index in [-0.39, 0.29) is 5.91 Å². The lowest BCUT2D eigenvalue weighted by atomic mass is 10.1. The lowest BCUT2D eigenvalue weighted by Crippen LogP contribution is -2.07. The quantitative estimate of drug-likeness (QED) is 0.668. The maximum atomic E-state index is 12.0. The molecule has 8 heteroatoms. The molecular weight excluding hydrogens is 374 g/mol. The molecule has 0 aliphatic carbocycles. The Morgan fingerprint density at radius 2 is 2.15 bits per heavy atom. The molecular formula is C18H22ClN3O3S. The van der Waals surface area contributed by atoms with Gasteiger partial charge in [-0.15, -0.1) is 10.2 Å². The first-order chi connectivity index (χ1) is 12.4. The molecule has 0 atom stereocenters. The molecule has 1 aromatic carbocycles. The first-order valence-corrected chi connectivity index (χ1v) is 9.44. The Bertz CT molecular complexity index is 790. The van der Waals surface area contributed by atoms with Crippen LogP contribution in [0, 0.1) is 5.92 Å². The molecule has 0 unspecified atom stereocenters. The molecule has 26 heavy (non-hydrogen) atoms. The van der Waals surface area contributed by atoms with Crippen LogP contribution in [-0.2, 0) is 11.2 Å². The third-order valence-corrected chi connectivity index (χ3v) is 4.50. The molecule has 1 amide bonds. The van der Waals surface area contributed by atoms with Gasteiger partial charge in [0.25, 0.3) is 0 Å². The first-order valence-electron chi connectivity index (χ1n) is 8.24. The van der Waals surface area contributed by atoms with Gasteiger partial charge in [-0.05, 0) is 36.1 Å². The number of hydrogen-bond donors (Lipinski definition) is 1. The third kappa shape index (κ3) is 5.71. The number of carbonyl (C=O) groups excluding carboxylic acids is 1. The molecule has 2 aromatic rings. The van der Waals surface area contributed by atoms with Crippen molar-refractivity contribution >= 4 is 40.1 Å². The van der Waals surface area contributed by atoms with Crippen LogP contribution in [-0.4, -0.2) is 29.8 Å². The van der Waals surface area contributed by atoms with Gasteiger partial charge in [-0.1, -0.05) is 43.7 Å². The molecule has 6 nitrogen and oxygen atoms in total. The summed E-state index contributed by atoms with van der Waals surface area (Å²) in [5.41, 5.74) is 0.727. The van der Waals surface area contributed by atoms with Crippen LogP contribution in [0.5, 0.6) is 11.5 Å². The van der Waals surface area contributed by atoms with Gasteiger partial charge in [-0.2, -0.15) is 0 Å². The summed E-state index contributed by atoms with van der Waals surface area (Å²) in [7, 11) is 1.55. The zero-order valence-corrected chi connectivity index (χ0v) is 16.8. The maximum absolute atomic E-state index is 12.0. The van der Waals surface area contributed by atoms with Gasteiger partial charge in [0, 0.05) is 6.08 Å². The van der Waals surface area contributed by atoms with E-state index in [1.807, 2.05) is 6.92 Å². The number of nitrogens with zero attached hydrogens (tertiary/aromatic N) is 2. The van der Waals surface area contributed by atoms with Crippen LogP contribution in [0.3, 0.4) is 0 Å². The molecule has 0 aliphatic rings. The van der Waals surface area contributed by atoms with Crippen molar-refractivity contribution in [3.63, 3.8) is 0 Å². The van der Waals surface area contributed by atoms with Crippen LogP contribution in [0.1, 0.15) is 31.3 Å². The van der Waals surface area contributed by atoms with Crippen molar-refractivity contribution in [2.75, 3.05) is 19.0 Å². The molecule has 1 N–H and O–H groups in total. The van der Waals surface area contributed by atoms with Crippen LogP contribution in [0.25, 0.3) is 6.08 Å². The molecule has 2 rings (SSSR count). The lowest BCUT2D eigenvalue weighted by molar-refractivity contribution is -0.111. The summed E-state index contributed by atoms with van der Waals surface area (Å²) in [5, 5.41) is 12.3. The molecule has 0 fully saturated rings. The predicted molar refractivity (Wildman–Crippen MR) is 105 cm³/mol. The predicted octanol–water partition coefficient (Wildman–Crippen LogP) is 4.45. The van der Waals surface area contributed by atoms with E-state index in [2.05, 4.69) is 29.4 Å². The van der Waals surface area contributed by atoms with Crippen LogP contribution in [0.15, 0.2) is 18.2 Å². The highest BCUT2D eigenvalue weighted by Crippen LogP contribution is 2.37. The highest BCUT2D eigenvalue weighted by molar-refractivity contribution is 7.15. The number of rotatable bonds is 8. The van der Waals surface area contributed by atoms with Crippen LogP contribution < -0.4 is 14.8 Å². The average molecular weight is 396 g/mol. The number of benzene rings is 1. The largest absolute Gasteiger partial charge is 0.493 e. The number of aromatic nitrogens is 2. The van der Waals surface area contributed by atoms with Gasteiger partial charge < -0.3 is 9.47 Å². The van der Waals surface area contributed by atoms with E-state index in [0.29, 0.717) is 34.2 Å². The van der Waals surface area contributed by atoms with E-state index in [4.69, 9.17) is 21.1 Å². The lowest BCUT2D eigenvalue weighted by Gasteiger charge is -2.14. The van der Waals surface area contributed by atoms with E-state index in [9.17, 15) is 4.79 Å². The van der Waals surface area contributed by atoms with Crippen molar-refractivity contribution in [2.45, 2.75) is 27.2 Å². The summed E-state index contributed by atoms with van der Waals surface area (Å²) in [6.07, 6.45) is 3.84. The van der Waals surface area contributed by atoms with Gasteiger partial charge in [0.1, 0.15) is 5.01 Å². The van der Waals surface area contributed by atoms with Gasteiger partial charge >= 0.3 is 0 Å². The molecule has 1 aromatic heterocycles. The Hall–Kier alpha value is -2.12. The number of anilines is 1. The molecule has 0 spiro atoms. The van der Waals surface area contributed by atoms with Crippen molar-refractivity contribution < 1.29 is 14.3 Å². The van der Waals surface area contributed by atoms with E-state index >= 15 is 0 Å². The Morgan fingerprint density at radius 3 is 2.77 bits per heavy atom. The molecule has 0 aliphatic heterocycles. The maximum Gasteiger partial charge on any atom is 0.250 e. The SMILES string of the molecule is CCc1nnc(NC(=O)C=Cc2cc(Cl)c(OCC(C)C)c(OC)c2)s1. The number of halogens is 1. The van der Waals surface area contributed by atoms with Crippen LogP contribution in [0.4, 0.5) is 5.13 Å². The Balaban J connectivity index is 2.09. The minimum atomic E-state index is -0.293. The van der Waals surface area contributed by atoms with Crippen molar-refractivity contribution in [1.82, 2.24) is 10.2 Å².